The van der Waals surface area contributed by atoms with Crippen LogP contribution in [0, 0.1) is 5.92 Å². The minimum atomic E-state index is -1.42. The molecule has 0 bridgehead atoms. The van der Waals surface area contributed by atoms with Crippen LogP contribution in [0.2, 0.25) is 0 Å². The standard InChI is InChI=1S/C35H58N10O8/c1-20(2)18-26-33(51)42-24(12-15-37)31(49)41-25(13-16-38)32(50)45-29(21(3)46)35(53)39-17-7-10-28(47)40-23(11-14-36)30(48)44-27(34(52)43-26)19-22-8-5-4-6-9-22/h4-6,8-9,20-21,23-27,29,46H,7,10-19,36-38H2,1-3H3,(H,39,53)(H,40,47)(H,41,49)(H,42,51)(H,43,52)(H,44,48)(H,45,50)/t21?,23-,24-,25-,26-,27+,29-/m0/s1. The predicted octanol–water partition coefficient (Wildman–Crippen LogP) is -3.48. The summed E-state index contributed by atoms with van der Waals surface area (Å²) in [6, 6.07) is 1.56. The Hall–Kier alpha value is -4.65. The average molecular weight is 747 g/mol. The second kappa shape index (κ2) is 23.1. The minimum absolute atomic E-state index is 0.0145. The first kappa shape index (κ1) is 44.5. The molecule has 1 aliphatic heterocycles. The summed E-state index contributed by atoms with van der Waals surface area (Å²) in [5.74, 6) is -4.98. The first-order chi connectivity index (χ1) is 25.2. The minimum Gasteiger partial charge on any atom is -0.391 e. The van der Waals surface area contributed by atoms with E-state index in [1.165, 1.54) is 6.92 Å². The molecule has 18 heteroatoms. The fourth-order valence-electron chi connectivity index (χ4n) is 5.65. The number of nitrogens with two attached hydrogens (primary N) is 3. The zero-order chi connectivity index (χ0) is 39.5. The van der Waals surface area contributed by atoms with E-state index in [4.69, 9.17) is 17.2 Å². The van der Waals surface area contributed by atoms with E-state index >= 15 is 0 Å². The van der Waals surface area contributed by atoms with Gasteiger partial charge in [0.15, 0.2) is 0 Å². The first-order valence-corrected chi connectivity index (χ1v) is 18.1. The van der Waals surface area contributed by atoms with E-state index in [1.54, 1.807) is 30.3 Å². The largest absolute Gasteiger partial charge is 0.391 e. The summed E-state index contributed by atoms with van der Waals surface area (Å²) in [5, 5.41) is 28.6. The van der Waals surface area contributed by atoms with Gasteiger partial charge in [0.05, 0.1) is 6.10 Å². The summed E-state index contributed by atoms with van der Waals surface area (Å²) in [7, 11) is 0. The van der Waals surface area contributed by atoms with E-state index < -0.39 is 83.7 Å². The second-order valence-corrected chi connectivity index (χ2v) is 13.5. The highest BCUT2D eigenvalue weighted by Gasteiger charge is 2.34. The summed E-state index contributed by atoms with van der Waals surface area (Å²) in [4.78, 5) is 94.0. The molecule has 53 heavy (non-hydrogen) atoms. The number of aliphatic hydroxyl groups is 1. The van der Waals surface area contributed by atoms with Gasteiger partial charge in [0, 0.05) is 19.4 Å². The molecule has 1 fully saturated rings. The molecule has 14 N–H and O–H groups in total. The summed E-state index contributed by atoms with van der Waals surface area (Å²) < 4.78 is 0. The predicted molar refractivity (Wildman–Crippen MR) is 196 cm³/mol. The van der Waals surface area contributed by atoms with Gasteiger partial charge in [0.2, 0.25) is 41.4 Å². The number of nitrogens with one attached hydrogen (secondary N) is 7. The number of hydrogen-bond donors (Lipinski definition) is 11. The van der Waals surface area contributed by atoms with Crippen molar-refractivity contribution in [1.29, 1.82) is 0 Å². The van der Waals surface area contributed by atoms with Crippen molar-refractivity contribution in [2.45, 2.75) is 108 Å². The molecule has 296 valence electrons. The van der Waals surface area contributed by atoms with Crippen LogP contribution in [0.4, 0.5) is 0 Å². The van der Waals surface area contributed by atoms with E-state index in [2.05, 4.69) is 37.2 Å². The molecule has 0 radical (unpaired) electrons. The number of carbonyl (C=O) groups is 7. The van der Waals surface area contributed by atoms with Crippen molar-refractivity contribution in [2.75, 3.05) is 26.2 Å². The van der Waals surface area contributed by atoms with Gasteiger partial charge in [-0.05, 0) is 70.1 Å². The molecule has 18 nitrogen and oxygen atoms in total. The maximum Gasteiger partial charge on any atom is 0.245 e. The van der Waals surface area contributed by atoms with Gasteiger partial charge < -0.3 is 59.5 Å². The molecule has 7 atom stereocenters. The first-order valence-electron chi connectivity index (χ1n) is 18.1. The van der Waals surface area contributed by atoms with E-state index in [-0.39, 0.29) is 77.0 Å². The Morgan fingerprint density at radius 1 is 0.623 bits per heavy atom. The van der Waals surface area contributed by atoms with Gasteiger partial charge in [-0.3, -0.25) is 33.6 Å². The van der Waals surface area contributed by atoms with E-state index in [9.17, 15) is 38.7 Å². The molecule has 7 amide bonds. The third-order valence-corrected chi connectivity index (χ3v) is 8.48. The zero-order valence-electron chi connectivity index (χ0n) is 30.8. The molecular formula is C35H58N10O8. The van der Waals surface area contributed by atoms with Gasteiger partial charge in [-0.25, -0.2) is 0 Å². The number of rotatable bonds is 11. The van der Waals surface area contributed by atoms with Gasteiger partial charge in [-0.15, -0.1) is 0 Å². The summed E-state index contributed by atoms with van der Waals surface area (Å²) >= 11 is 0. The molecule has 1 heterocycles. The highest BCUT2D eigenvalue weighted by molar-refractivity contribution is 5.97. The molecular weight excluding hydrogens is 688 g/mol. The number of carbonyl (C=O) groups excluding carboxylic acids is 7. The zero-order valence-corrected chi connectivity index (χ0v) is 30.8. The topological polar surface area (TPSA) is 302 Å². The Kier molecular flexibility index (Phi) is 19.4. The van der Waals surface area contributed by atoms with Crippen LogP contribution in [0.15, 0.2) is 30.3 Å². The smallest absolute Gasteiger partial charge is 0.245 e. The highest BCUT2D eigenvalue weighted by Crippen LogP contribution is 2.10. The molecule has 2 rings (SSSR count). The van der Waals surface area contributed by atoms with Crippen LogP contribution >= 0.6 is 0 Å². The van der Waals surface area contributed by atoms with Crippen LogP contribution in [0.25, 0.3) is 0 Å². The van der Waals surface area contributed by atoms with Crippen LogP contribution in [0.5, 0.6) is 0 Å². The lowest BCUT2D eigenvalue weighted by Gasteiger charge is -2.28. The molecule has 0 aromatic heterocycles. The lowest BCUT2D eigenvalue weighted by Crippen LogP contribution is -2.61. The van der Waals surface area contributed by atoms with Crippen LogP contribution in [-0.4, -0.2) is 115 Å². The Labute approximate surface area is 310 Å². The molecule has 0 saturated carbocycles. The maximum atomic E-state index is 13.9. The Morgan fingerprint density at radius 2 is 1.08 bits per heavy atom. The highest BCUT2D eigenvalue weighted by atomic mass is 16.3. The molecule has 1 aliphatic rings. The van der Waals surface area contributed by atoms with Gasteiger partial charge >= 0.3 is 0 Å². The van der Waals surface area contributed by atoms with Gasteiger partial charge in [-0.2, -0.15) is 0 Å². The van der Waals surface area contributed by atoms with Crippen molar-refractivity contribution in [3.05, 3.63) is 35.9 Å². The van der Waals surface area contributed by atoms with Crippen LogP contribution in [0.3, 0.4) is 0 Å². The Bertz CT molecular complexity index is 1380. The quantitative estimate of drug-likeness (QED) is 0.106. The molecule has 0 aliphatic carbocycles. The van der Waals surface area contributed by atoms with E-state index in [0.717, 1.165) is 0 Å². The van der Waals surface area contributed by atoms with Crippen LogP contribution in [0.1, 0.15) is 64.9 Å². The summed E-state index contributed by atoms with van der Waals surface area (Å²) in [6.07, 6.45) is -1.12. The average Bonchev–Trinajstić information content (AvgIpc) is 3.10. The van der Waals surface area contributed by atoms with Crippen LogP contribution in [-0.2, 0) is 40.0 Å². The fourth-order valence-corrected chi connectivity index (χ4v) is 5.65. The van der Waals surface area contributed by atoms with Crippen molar-refractivity contribution in [1.82, 2.24) is 37.2 Å². The monoisotopic (exact) mass is 746 g/mol. The molecule has 1 unspecified atom stereocenters. The van der Waals surface area contributed by atoms with E-state index in [1.807, 2.05) is 13.8 Å². The summed E-state index contributed by atoms with van der Waals surface area (Å²) in [5.41, 5.74) is 18.0. The Balaban J connectivity index is 2.54. The maximum absolute atomic E-state index is 13.9. The number of aliphatic hydroxyl groups excluding tert-OH is 1. The number of hydrogen-bond acceptors (Lipinski definition) is 11. The SMILES string of the molecule is CC(C)C[C@@H]1NC(=O)[C@@H](Cc2ccccc2)NC(=O)[C@H](CCN)NC(=O)CCCNC(=O)[C@H](C(C)O)NC(=O)[C@H](CCN)NC(=O)[C@H](CCN)NC1=O. The molecule has 1 saturated heterocycles. The van der Waals surface area contributed by atoms with Crippen LogP contribution < -0.4 is 54.4 Å². The van der Waals surface area contributed by atoms with Crippen molar-refractivity contribution in [2.24, 2.45) is 23.1 Å². The summed E-state index contributed by atoms with van der Waals surface area (Å²) in [6.45, 7) is 4.95. The second-order valence-electron chi connectivity index (χ2n) is 13.5. The molecule has 0 spiro atoms. The van der Waals surface area contributed by atoms with Gasteiger partial charge in [0.25, 0.3) is 0 Å². The van der Waals surface area contributed by atoms with E-state index in [0.29, 0.717) is 5.56 Å². The Morgan fingerprint density at radius 3 is 1.58 bits per heavy atom. The van der Waals surface area contributed by atoms with Gasteiger partial charge in [-0.1, -0.05) is 44.2 Å². The lowest BCUT2D eigenvalue weighted by molar-refractivity contribution is -0.136. The van der Waals surface area contributed by atoms with Crippen molar-refractivity contribution < 1.29 is 38.7 Å². The molecule has 1 aromatic rings. The van der Waals surface area contributed by atoms with Crippen molar-refractivity contribution in [3.63, 3.8) is 0 Å². The third-order valence-electron chi connectivity index (χ3n) is 8.48. The number of amides is 7. The van der Waals surface area contributed by atoms with Crippen molar-refractivity contribution in [3.8, 4) is 0 Å². The number of benzene rings is 1. The fraction of sp³-hybridized carbons (Fsp3) is 0.629. The van der Waals surface area contributed by atoms with Gasteiger partial charge in [0.1, 0.15) is 36.3 Å². The van der Waals surface area contributed by atoms with Crippen molar-refractivity contribution >= 4 is 41.4 Å². The molecule has 1 aromatic carbocycles. The normalized spacial score (nSPS) is 25.5. The lowest BCUT2D eigenvalue weighted by atomic mass is 10.00. The third kappa shape index (κ3) is 15.5.